The van der Waals surface area contributed by atoms with Gasteiger partial charge in [-0.15, -0.1) is 12.4 Å². The van der Waals surface area contributed by atoms with Gasteiger partial charge in [0.15, 0.2) is 0 Å². The van der Waals surface area contributed by atoms with Crippen molar-refractivity contribution in [2.24, 2.45) is 11.7 Å². The van der Waals surface area contributed by atoms with Gasteiger partial charge in [0.05, 0.1) is 0 Å². The smallest absolute Gasteiger partial charge is 0.0297 e. The molecule has 1 fully saturated rings. The van der Waals surface area contributed by atoms with Crippen molar-refractivity contribution in [3.63, 3.8) is 0 Å². The third kappa shape index (κ3) is 3.51. The second-order valence-corrected chi connectivity index (χ2v) is 4.71. The Balaban J connectivity index is 0.00000112. The van der Waals surface area contributed by atoms with E-state index in [9.17, 15) is 0 Å². The summed E-state index contributed by atoms with van der Waals surface area (Å²) in [7, 11) is 0. The number of hydrogen-bond acceptors (Lipinski definition) is 1. The molecule has 0 unspecified atom stereocenters. The molecule has 0 radical (unpaired) electrons. The van der Waals surface area contributed by atoms with Crippen LogP contribution in [0.1, 0.15) is 42.0 Å². The van der Waals surface area contributed by atoms with Crippen LogP contribution in [-0.4, -0.2) is 0 Å². The van der Waals surface area contributed by atoms with E-state index in [1.165, 1.54) is 36.0 Å². The lowest BCUT2D eigenvalue weighted by molar-refractivity contribution is 0.596. The van der Waals surface area contributed by atoms with Crippen LogP contribution < -0.4 is 5.73 Å². The molecule has 0 spiro atoms. The molecule has 1 aromatic rings. The molecule has 2 rings (SSSR count). The van der Waals surface area contributed by atoms with E-state index in [0.29, 0.717) is 0 Å². The van der Waals surface area contributed by atoms with Crippen molar-refractivity contribution in [1.82, 2.24) is 0 Å². The Morgan fingerprint density at radius 3 is 2.20 bits per heavy atom. The van der Waals surface area contributed by atoms with E-state index in [4.69, 9.17) is 5.73 Å². The molecule has 0 aliphatic heterocycles. The van der Waals surface area contributed by atoms with Crippen LogP contribution in [0.5, 0.6) is 0 Å². The average Bonchev–Trinajstić information content (AvgIpc) is 2.86. The highest BCUT2D eigenvalue weighted by Crippen LogP contribution is 2.36. The predicted molar refractivity (Wildman–Crippen MR) is 67.4 cm³/mol. The van der Waals surface area contributed by atoms with Crippen molar-refractivity contribution in [2.75, 3.05) is 0 Å². The standard InChI is InChI=1S/C13H19N.ClH/c1-9-5-10(2)7-12(6-9)13(14)8-11-3-4-11;/h5-7,11,13H,3-4,8,14H2,1-2H3;1H/t13-;/m0./s1. The van der Waals surface area contributed by atoms with Crippen molar-refractivity contribution in [1.29, 1.82) is 0 Å². The van der Waals surface area contributed by atoms with Crippen LogP contribution in [0.2, 0.25) is 0 Å². The minimum Gasteiger partial charge on any atom is -0.324 e. The summed E-state index contributed by atoms with van der Waals surface area (Å²) < 4.78 is 0. The van der Waals surface area contributed by atoms with E-state index in [2.05, 4.69) is 32.0 Å². The van der Waals surface area contributed by atoms with Crippen LogP contribution in [0.15, 0.2) is 18.2 Å². The van der Waals surface area contributed by atoms with Crippen LogP contribution in [0, 0.1) is 19.8 Å². The molecule has 1 aliphatic rings. The second-order valence-electron chi connectivity index (χ2n) is 4.71. The van der Waals surface area contributed by atoms with Crippen molar-refractivity contribution in [2.45, 2.75) is 39.2 Å². The minimum absolute atomic E-state index is 0. The first kappa shape index (κ1) is 12.5. The first-order valence-electron chi connectivity index (χ1n) is 5.49. The number of nitrogens with two attached hydrogens (primary N) is 1. The SMILES string of the molecule is Cc1cc(C)cc([C@@H](N)CC2CC2)c1.Cl. The van der Waals surface area contributed by atoms with Crippen molar-refractivity contribution < 1.29 is 0 Å². The fraction of sp³-hybridized carbons (Fsp3) is 0.538. The van der Waals surface area contributed by atoms with Crippen molar-refractivity contribution in [3.8, 4) is 0 Å². The maximum absolute atomic E-state index is 6.17. The fourth-order valence-electron chi connectivity index (χ4n) is 2.07. The van der Waals surface area contributed by atoms with E-state index in [1.807, 2.05) is 0 Å². The molecule has 15 heavy (non-hydrogen) atoms. The summed E-state index contributed by atoms with van der Waals surface area (Å²) in [6, 6.07) is 6.90. The molecule has 0 bridgehead atoms. The topological polar surface area (TPSA) is 26.0 Å². The molecule has 1 atom stereocenters. The molecule has 1 nitrogen and oxygen atoms in total. The van der Waals surface area contributed by atoms with Crippen LogP contribution in [-0.2, 0) is 0 Å². The summed E-state index contributed by atoms with van der Waals surface area (Å²) in [5.41, 5.74) is 10.1. The van der Waals surface area contributed by atoms with Gasteiger partial charge in [0.25, 0.3) is 0 Å². The van der Waals surface area contributed by atoms with Crippen LogP contribution in [0.25, 0.3) is 0 Å². The summed E-state index contributed by atoms with van der Waals surface area (Å²) in [4.78, 5) is 0. The number of halogens is 1. The van der Waals surface area contributed by atoms with Gasteiger partial charge in [-0.2, -0.15) is 0 Å². The zero-order chi connectivity index (χ0) is 10.1. The number of benzene rings is 1. The summed E-state index contributed by atoms with van der Waals surface area (Å²) in [6.07, 6.45) is 3.94. The molecule has 0 saturated heterocycles. The van der Waals surface area contributed by atoms with E-state index >= 15 is 0 Å². The monoisotopic (exact) mass is 225 g/mol. The summed E-state index contributed by atoms with van der Waals surface area (Å²) >= 11 is 0. The van der Waals surface area contributed by atoms with Gasteiger partial charge >= 0.3 is 0 Å². The molecule has 1 saturated carbocycles. The highest BCUT2D eigenvalue weighted by Gasteiger charge is 2.24. The summed E-state index contributed by atoms with van der Waals surface area (Å²) in [6.45, 7) is 4.28. The largest absolute Gasteiger partial charge is 0.324 e. The van der Waals surface area contributed by atoms with Crippen molar-refractivity contribution in [3.05, 3.63) is 34.9 Å². The Bertz CT molecular complexity index is 311. The Morgan fingerprint density at radius 1 is 1.20 bits per heavy atom. The maximum atomic E-state index is 6.17. The van der Waals surface area contributed by atoms with E-state index in [0.717, 1.165) is 5.92 Å². The van der Waals surface area contributed by atoms with Gasteiger partial charge in [-0.25, -0.2) is 0 Å². The Morgan fingerprint density at radius 2 is 1.73 bits per heavy atom. The van der Waals surface area contributed by atoms with E-state index in [1.54, 1.807) is 0 Å². The molecular formula is C13H20ClN. The Kier molecular flexibility index (Phi) is 4.18. The first-order valence-corrected chi connectivity index (χ1v) is 5.49. The molecule has 0 amide bonds. The average molecular weight is 226 g/mol. The van der Waals surface area contributed by atoms with Gasteiger partial charge in [-0.1, -0.05) is 42.2 Å². The predicted octanol–water partition coefficient (Wildman–Crippen LogP) is 3.53. The van der Waals surface area contributed by atoms with Gasteiger partial charge in [0, 0.05) is 6.04 Å². The van der Waals surface area contributed by atoms with Crippen LogP contribution in [0.4, 0.5) is 0 Å². The van der Waals surface area contributed by atoms with Gasteiger partial charge in [-0.3, -0.25) is 0 Å². The normalized spacial score (nSPS) is 17.0. The number of rotatable bonds is 3. The van der Waals surface area contributed by atoms with Crippen LogP contribution >= 0.6 is 12.4 Å². The van der Waals surface area contributed by atoms with Crippen LogP contribution in [0.3, 0.4) is 0 Å². The Labute approximate surface area is 98.5 Å². The quantitative estimate of drug-likeness (QED) is 0.837. The molecule has 2 N–H and O–H groups in total. The van der Waals surface area contributed by atoms with Gasteiger partial charge < -0.3 is 5.73 Å². The van der Waals surface area contributed by atoms with Gasteiger partial charge in [0.2, 0.25) is 0 Å². The maximum Gasteiger partial charge on any atom is 0.0297 e. The van der Waals surface area contributed by atoms with Crippen molar-refractivity contribution >= 4 is 12.4 Å². The fourth-order valence-corrected chi connectivity index (χ4v) is 2.07. The lowest BCUT2D eigenvalue weighted by Gasteiger charge is -2.13. The molecule has 0 aromatic heterocycles. The number of hydrogen-bond donors (Lipinski definition) is 1. The third-order valence-corrected chi connectivity index (χ3v) is 2.96. The van der Waals surface area contributed by atoms with E-state index < -0.39 is 0 Å². The number of aryl methyl sites for hydroxylation is 2. The molecule has 1 aliphatic carbocycles. The molecule has 84 valence electrons. The van der Waals surface area contributed by atoms with Gasteiger partial charge in [-0.05, 0) is 31.7 Å². The lowest BCUT2D eigenvalue weighted by atomic mass is 9.98. The summed E-state index contributed by atoms with van der Waals surface area (Å²) in [5.74, 6) is 0.908. The third-order valence-electron chi connectivity index (χ3n) is 2.96. The molecular weight excluding hydrogens is 206 g/mol. The zero-order valence-electron chi connectivity index (χ0n) is 9.49. The molecule has 0 heterocycles. The lowest BCUT2D eigenvalue weighted by Crippen LogP contribution is -2.11. The minimum atomic E-state index is 0. The first-order chi connectivity index (χ1) is 6.65. The second kappa shape index (κ2) is 5.00. The highest BCUT2D eigenvalue weighted by molar-refractivity contribution is 5.85. The molecule has 1 aromatic carbocycles. The van der Waals surface area contributed by atoms with E-state index in [-0.39, 0.29) is 18.4 Å². The Hall–Kier alpha value is -0.530. The summed E-state index contributed by atoms with van der Waals surface area (Å²) in [5, 5.41) is 0. The molecule has 2 heteroatoms. The van der Waals surface area contributed by atoms with Gasteiger partial charge in [0.1, 0.15) is 0 Å². The highest BCUT2D eigenvalue weighted by atomic mass is 35.5. The zero-order valence-corrected chi connectivity index (χ0v) is 10.3.